The molecule has 3 rings (SSSR count). The van der Waals surface area contributed by atoms with Crippen LogP contribution in [0.1, 0.15) is 11.1 Å². The van der Waals surface area contributed by atoms with Crippen molar-refractivity contribution in [3.8, 4) is 5.75 Å². The van der Waals surface area contributed by atoms with Crippen molar-refractivity contribution in [1.29, 1.82) is 0 Å². The molecule has 0 saturated heterocycles. The van der Waals surface area contributed by atoms with Crippen LogP contribution in [-0.2, 0) is 13.0 Å². The van der Waals surface area contributed by atoms with Gasteiger partial charge in [0.25, 0.3) is 0 Å². The molecule has 1 atom stereocenters. The molecule has 1 N–H and O–H groups in total. The molecule has 3 aromatic rings. The van der Waals surface area contributed by atoms with Crippen LogP contribution < -0.4 is 10.1 Å². The monoisotopic (exact) mass is 413 g/mol. The van der Waals surface area contributed by atoms with E-state index in [-0.39, 0.29) is 11.9 Å². The Morgan fingerprint density at radius 1 is 0.885 bits per heavy atom. The highest BCUT2D eigenvalue weighted by atomic mass is 79.9. The van der Waals surface area contributed by atoms with E-state index in [0.717, 1.165) is 13.0 Å². The third kappa shape index (κ3) is 5.68. The minimum atomic E-state index is -0.285. The van der Waals surface area contributed by atoms with Gasteiger partial charge in [-0.25, -0.2) is 4.39 Å². The molecule has 0 unspecified atom stereocenters. The van der Waals surface area contributed by atoms with Crippen LogP contribution >= 0.6 is 15.9 Å². The summed E-state index contributed by atoms with van der Waals surface area (Å²) < 4.78 is 19.8. The van der Waals surface area contributed by atoms with Gasteiger partial charge in [0.2, 0.25) is 0 Å². The second-order valence-electron chi connectivity index (χ2n) is 6.14. The Labute approximate surface area is 162 Å². The van der Waals surface area contributed by atoms with Crippen molar-refractivity contribution in [2.75, 3.05) is 6.61 Å². The topological polar surface area (TPSA) is 21.3 Å². The lowest BCUT2D eigenvalue weighted by atomic mass is 10.1. The predicted octanol–water partition coefficient (Wildman–Crippen LogP) is 5.37. The first-order valence-corrected chi connectivity index (χ1v) is 9.39. The van der Waals surface area contributed by atoms with Crippen LogP contribution in [0.5, 0.6) is 5.75 Å². The number of halogens is 2. The van der Waals surface area contributed by atoms with Gasteiger partial charge < -0.3 is 10.1 Å². The van der Waals surface area contributed by atoms with Crippen LogP contribution in [0.15, 0.2) is 83.3 Å². The zero-order valence-electron chi connectivity index (χ0n) is 14.4. The SMILES string of the molecule is Fc1ccc(OC[C@H](Cc2ccccc2)NCc2ccccc2)c(Br)c1. The van der Waals surface area contributed by atoms with Gasteiger partial charge in [0.05, 0.1) is 4.47 Å². The van der Waals surface area contributed by atoms with Gasteiger partial charge in [-0.2, -0.15) is 0 Å². The maximum atomic E-state index is 13.2. The molecule has 0 bridgehead atoms. The second kappa shape index (κ2) is 9.51. The maximum Gasteiger partial charge on any atom is 0.133 e. The summed E-state index contributed by atoms with van der Waals surface area (Å²) in [7, 11) is 0. The molecule has 2 nitrogen and oxygen atoms in total. The van der Waals surface area contributed by atoms with Crippen molar-refractivity contribution in [2.24, 2.45) is 0 Å². The second-order valence-corrected chi connectivity index (χ2v) is 6.99. The van der Waals surface area contributed by atoms with Crippen LogP contribution in [0, 0.1) is 5.82 Å². The Bertz CT molecular complexity index is 811. The van der Waals surface area contributed by atoms with Crippen LogP contribution in [0.2, 0.25) is 0 Å². The van der Waals surface area contributed by atoms with Crippen LogP contribution in [0.3, 0.4) is 0 Å². The average molecular weight is 414 g/mol. The van der Waals surface area contributed by atoms with Gasteiger partial charge in [0, 0.05) is 12.6 Å². The van der Waals surface area contributed by atoms with Gasteiger partial charge in [0.15, 0.2) is 0 Å². The van der Waals surface area contributed by atoms with E-state index in [9.17, 15) is 4.39 Å². The minimum absolute atomic E-state index is 0.134. The molecule has 0 amide bonds. The summed E-state index contributed by atoms with van der Waals surface area (Å²) in [5, 5.41) is 3.57. The Hall–Kier alpha value is -2.17. The van der Waals surface area contributed by atoms with E-state index in [1.54, 1.807) is 6.07 Å². The van der Waals surface area contributed by atoms with E-state index in [1.165, 1.54) is 23.3 Å². The molecular formula is C22H21BrFNO. The number of hydrogen-bond donors (Lipinski definition) is 1. The standard InChI is InChI=1S/C22H21BrFNO/c23-21-14-19(24)11-12-22(21)26-16-20(13-17-7-3-1-4-8-17)25-15-18-9-5-2-6-10-18/h1-12,14,20,25H,13,15-16H2/t20-/m0/s1. The summed E-state index contributed by atoms with van der Waals surface area (Å²) in [6.45, 7) is 1.26. The van der Waals surface area contributed by atoms with E-state index in [2.05, 4.69) is 45.5 Å². The van der Waals surface area contributed by atoms with E-state index >= 15 is 0 Å². The van der Waals surface area contributed by atoms with Crippen molar-refractivity contribution < 1.29 is 9.13 Å². The summed E-state index contributed by atoms with van der Waals surface area (Å²) in [6, 6.07) is 25.2. The van der Waals surface area contributed by atoms with Crippen LogP contribution in [-0.4, -0.2) is 12.6 Å². The fraction of sp³-hybridized carbons (Fsp3) is 0.182. The zero-order valence-corrected chi connectivity index (χ0v) is 16.0. The number of nitrogens with one attached hydrogen (secondary N) is 1. The fourth-order valence-electron chi connectivity index (χ4n) is 2.73. The van der Waals surface area contributed by atoms with E-state index < -0.39 is 0 Å². The van der Waals surface area contributed by atoms with Crippen molar-refractivity contribution in [1.82, 2.24) is 5.32 Å². The highest BCUT2D eigenvalue weighted by Gasteiger charge is 2.12. The third-order valence-electron chi connectivity index (χ3n) is 4.10. The quantitative estimate of drug-likeness (QED) is 0.535. The molecule has 0 aromatic heterocycles. The zero-order chi connectivity index (χ0) is 18.2. The molecular weight excluding hydrogens is 393 g/mol. The predicted molar refractivity (Wildman–Crippen MR) is 107 cm³/mol. The number of hydrogen-bond acceptors (Lipinski definition) is 2. The van der Waals surface area contributed by atoms with Gasteiger partial charge >= 0.3 is 0 Å². The van der Waals surface area contributed by atoms with Gasteiger partial charge in [-0.15, -0.1) is 0 Å². The van der Waals surface area contributed by atoms with E-state index in [4.69, 9.17) is 4.74 Å². The van der Waals surface area contributed by atoms with Gasteiger partial charge in [-0.3, -0.25) is 0 Å². The summed E-state index contributed by atoms with van der Waals surface area (Å²) >= 11 is 3.35. The Balaban J connectivity index is 1.65. The highest BCUT2D eigenvalue weighted by molar-refractivity contribution is 9.10. The maximum absolute atomic E-state index is 13.2. The molecule has 26 heavy (non-hydrogen) atoms. The van der Waals surface area contributed by atoms with Gasteiger partial charge in [-0.1, -0.05) is 60.7 Å². The molecule has 0 heterocycles. The van der Waals surface area contributed by atoms with Crippen molar-refractivity contribution in [3.63, 3.8) is 0 Å². The first-order chi connectivity index (χ1) is 12.7. The lowest BCUT2D eigenvalue weighted by Gasteiger charge is -2.20. The summed E-state index contributed by atoms with van der Waals surface area (Å²) in [6.07, 6.45) is 0.854. The molecule has 0 fully saturated rings. The molecule has 0 radical (unpaired) electrons. The van der Waals surface area contributed by atoms with Crippen molar-refractivity contribution >= 4 is 15.9 Å². The van der Waals surface area contributed by atoms with Crippen LogP contribution in [0.25, 0.3) is 0 Å². The molecule has 4 heteroatoms. The van der Waals surface area contributed by atoms with Crippen LogP contribution in [0.4, 0.5) is 4.39 Å². The molecule has 0 aliphatic heterocycles. The largest absolute Gasteiger partial charge is 0.491 e. The average Bonchev–Trinajstić information content (AvgIpc) is 2.67. The molecule has 0 aliphatic carbocycles. The minimum Gasteiger partial charge on any atom is -0.491 e. The Morgan fingerprint density at radius 2 is 1.54 bits per heavy atom. The number of benzene rings is 3. The lowest BCUT2D eigenvalue weighted by Crippen LogP contribution is -2.36. The van der Waals surface area contributed by atoms with E-state index in [0.29, 0.717) is 16.8 Å². The first kappa shape index (κ1) is 18.6. The molecule has 3 aromatic carbocycles. The highest BCUT2D eigenvalue weighted by Crippen LogP contribution is 2.25. The molecule has 0 spiro atoms. The van der Waals surface area contributed by atoms with Gasteiger partial charge in [-0.05, 0) is 51.7 Å². The molecule has 0 aliphatic rings. The van der Waals surface area contributed by atoms with Gasteiger partial charge in [0.1, 0.15) is 18.2 Å². The molecule has 0 saturated carbocycles. The fourth-order valence-corrected chi connectivity index (χ4v) is 3.19. The smallest absolute Gasteiger partial charge is 0.133 e. The summed E-state index contributed by atoms with van der Waals surface area (Å²) in [5.41, 5.74) is 2.48. The lowest BCUT2D eigenvalue weighted by molar-refractivity contribution is 0.260. The number of ether oxygens (including phenoxy) is 1. The normalized spacial score (nSPS) is 11.9. The summed E-state index contributed by atoms with van der Waals surface area (Å²) in [4.78, 5) is 0. The Kier molecular flexibility index (Phi) is 6.81. The molecule has 134 valence electrons. The third-order valence-corrected chi connectivity index (χ3v) is 4.72. The van der Waals surface area contributed by atoms with Crippen molar-refractivity contribution in [3.05, 3.63) is 100 Å². The first-order valence-electron chi connectivity index (χ1n) is 8.60. The number of rotatable bonds is 8. The Morgan fingerprint density at radius 3 is 2.19 bits per heavy atom. The van der Waals surface area contributed by atoms with E-state index in [1.807, 2.05) is 36.4 Å². The van der Waals surface area contributed by atoms with Crippen molar-refractivity contribution in [2.45, 2.75) is 19.0 Å². The summed E-state index contributed by atoms with van der Waals surface area (Å²) in [5.74, 6) is 0.359.